The molecular weight excluding hydrogens is 549 g/mol. The molecule has 5 unspecified atom stereocenters. The molecule has 1 saturated heterocycles. The molecule has 1 saturated carbocycles. The molecule has 2 aliphatic heterocycles. The van der Waals surface area contributed by atoms with Crippen molar-refractivity contribution in [3.05, 3.63) is 103 Å². The molecule has 0 N–H and O–H groups in total. The number of hydrogen-bond acceptors (Lipinski definition) is 2. The SMILES string of the molecule is CC[C@H]1[N-]C2C(c3ccccc3)=CC=N[C@H]2N1[Si](C)(C)C1C2C=CC=CC2C2C=CC=CC21.[CH3-].[Cl][Ti][Cl]. The first-order chi connectivity index (χ1) is 17.5. The molecule has 0 radical (unpaired) electrons. The summed E-state index contributed by atoms with van der Waals surface area (Å²) in [6.07, 6.45) is 24.7. The standard InChI is InChI=1S/C29H34N3Si.CH3.2ClH.Ti/c1-4-26-31-27-21(20-12-6-5-7-13-20)18-19-30-29(27)32(26)33(2,3)28-24-16-10-8-14-22(24)23-15-9-11-17-25(23)28;;;;/h5-19,22-29H,4H2,1-3H3;1H3;2*1H;/q2*-1;;;+2/p-2/t22?,23?,24?,25?,26-,27?,28?,29-;;;;/m0..../s1. The van der Waals surface area contributed by atoms with Crippen molar-refractivity contribution in [3.8, 4) is 0 Å². The van der Waals surface area contributed by atoms with Crippen LogP contribution in [0.5, 0.6) is 0 Å². The first-order valence-electron chi connectivity index (χ1n) is 13.0. The molecule has 7 atom stereocenters. The molecule has 0 spiro atoms. The van der Waals surface area contributed by atoms with E-state index in [4.69, 9.17) is 28.9 Å². The maximum absolute atomic E-state index is 5.43. The van der Waals surface area contributed by atoms with Crippen LogP contribution < -0.4 is 0 Å². The van der Waals surface area contributed by atoms with Crippen LogP contribution in [0.3, 0.4) is 0 Å². The van der Waals surface area contributed by atoms with Crippen LogP contribution in [0.2, 0.25) is 18.6 Å². The van der Waals surface area contributed by atoms with Gasteiger partial charge in [-0.05, 0) is 40.9 Å². The molecule has 3 aliphatic carbocycles. The summed E-state index contributed by atoms with van der Waals surface area (Å²) >= 11 is -0.556. The van der Waals surface area contributed by atoms with Gasteiger partial charge in [0.05, 0.1) is 6.17 Å². The van der Waals surface area contributed by atoms with E-state index >= 15 is 0 Å². The van der Waals surface area contributed by atoms with Gasteiger partial charge in [0.25, 0.3) is 0 Å². The van der Waals surface area contributed by atoms with E-state index in [2.05, 4.69) is 110 Å². The Balaban J connectivity index is 0.000000765. The topological polar surface area (TPSA) is 29.7 Å². The number of rotatable bonds is 4. The minimum atomic E-state index is -1.95. The second kappa shape index (κ2) is 12.5. The summed E-state index contributed by atoms with van der Waals surface area (Å²) in [5.41, 5.74) is 3.25. The van der Waals surface area contributed by atoms with Gasteiger partial charge >= 0.3 is 35.6 Å². The summed E-state index contributed by atoms with van der Waals surface area (Å²) in [4.78, 5) is 5.09. The van der Waals surface area contributed by atoms with Crippen LogP contribution in [0.25, 0.3) is 10.9 Å². The zero-order chi connectivity index (χ0) is 25.3. The quantitative estimate of drug-likeness (QED) is 0.257. The summed E-state index contributed by atoms with van der Waals surface area (Å²) in [6.45, 7) is 7.50. The number of hydrogen-bond donors (Lipinski definition) is 0. The van der Waals surface area contributed by atoms with Crippen LogP contribution in [0, 0.1) is 31.1 Å². The number of dihydropyridines is 1. The molecule has 0 aromatic heterocycles. The van der Waals surface area contributed by atoms with Gasteiger partial charge in [0.15, 0.2) is 0 Å². The third kappa shape index (κ3) is 5.28. The molecule has 7 heteroatoms. The summed E-state index contributed by atoms with van der Waals surface area (Å²) < 4.78 is 2.81. The van der Waals surface area contributed by atoms with Crippen molar-refractivity contribution in [1.82, 2.24) is 4.57 Å². The maximum atomic E-state index is 5.43. The molecule has 0 bridgehead atoms. The van der Waals surface area contributed by atoms with E-state index < -0.39 is 25.3 Å². The van der Waals surface area contributed by atoms with Gasteiger partial charge < -0.3 is 17.3 Å². The monoisotopic (exact) mass is 585 g/mol. The number of allylic oxidation sites excluding steroid dienone is 9. The third-order valence-electron chi connectivity index (χ3n) is 8.70. The van der Waals surface area contributed by atoms with E-state index in [1.54, 1.807) is 0 Å². The first-order valence-corrected chi connectivity index (χ1v) is 20.3. The molecule has 5 aliphatic rings. The number of aliphatic imine (C=N–C) groups is 1. The van der Waals surface area contributed by atoms with Crippen molar-refractivity contribution < 1.29 is 17.0 Å². The third-order valence-corrected chi connectivity index (χ3v) is 13.0. The van der Waals surface area contributed by atoms with E-state index in [9.17, 15) is 0 Å². The Kier molecular flexibility index (Phi) is 9.78. The van der Waals surface area contributed by atoms with Crippen LogP contribution in [0.4, 0.5) is 0 Å². The van der Waals surface area contributed by atoms with E-state index in [1.807, 2.05) is 6.21 Å². The summed E-state index contributed by atoms with van der Waals surface area (Å²) in [6, 6.07) is 10.9. The molecular formula is C30H37Cl2N3SiTi-2. The van der Waals surface area contributed by atoms with Crippen molar-refractivity contribution in [2.45, 2.75) is 50.4 Å². The number of benzene rings is 1. The van der Waals surface area contributed by atoms with Crippen LogP contribution in [0.1, 0.15) is 18.9 Å². The zero-order valence-corrected chi connectivity index (χ0v) is 26.2. The van der Waals surface area contributed by atoms with Crippen molar-refractivity contribution in [2.24, 2.45) is 28.7 Å². The van der Waals surface area contributed by atoms with Crippen molar-refractivity contribution in [1.29, 1.82) is 0 Å². The average molecular weight is 587 g/mol. The van der Waals surface area contributed by atoms with Gasteiger partial charge in [-0.25, -0.2) is 0 Å². The molecule has 1 aromatic rings. The van der Waals surface area contributed by atoms with Crippen LogP contribution in [-0.4, -0.2) is 37.4 Å². The minimum absolute atomic E-state index is 0. The second-order valence-electron chi connectivity index (χ2n) is 10.7. The Morgan fingerprint density at radius 2 is 1.46 bits per heavy atom. The van der Waals surface area contributed by atoms with E-state index in [0.29, 0.717) is 29.2 Å². The molecule has 196 valence electrons. The Bertz CT molecular complexity index is 1080. The molecule has 1 aromatic carbocycles. The normalized spacial score (nSPS) is 35.0. The van der Waals surface area contributed by atoms with E-state index in [0.717, 1.165) is 6.42 Å². The fraction of sp³-hybridized carbons (Fsp3) is 0.400. The predicted molar refractivity (Wildman–Crippen MR) is 160 cm³/mol. The van der Waals surface area contributed by atoms with Gasteiger partial charge in [-0.15, -0.1) is 0 Å². The summed E-state index contributed by atoms with van der Waals surface area (Å²) in [5, 5.41) is 5.43. The van der Waals surface area contributed by atoms with Crippen molar-refractivity contribution >= 4 is 38.6 Å². The average Bonchev–Trinajstić information content (AvgIpc) is 3.46. The van der Waals surface area contributed by atoms with Gasteiger partial charge in [-0.3, -0.25) is 4.99 Å². The first kappa shape index (κ1) is 29.0. The molecule has 37 heavy (non-hydrogen) atoms. The van der Waals surface area contributed by atoms with E-state index in [-0.39, 0.29) is 25.8 Å². The Hall–Kier alpha value is -0.979. The molecule has 6 rings (SSSR count). The van der Waals surface area contributed by atoms with Crippen molar-refractivity contribution in [2.75, 3.05) is 0 Å². The fourth-order valence-corrected chi connectivity index (χ4v) is 12.2. The van der Waals surface area contributed by atoms with Crippen molar-refractivity contribution in [3.63, 3.8) is 0 Å². The Morgan fingerprint density at radius 1 is 0.919 bits per heavy atom. The van der Waals surface area contributed by atoms with Gasteiger partial charge in [-0.1, -0.05) is 123 Å². The fourth-order valence-electron chi connectivity index (χ4n) is 7.43. The van der Waals surface area contributed by atoms with E-state index in [1.165, 1.54) is 11.1 Å². The summed E-state index contributed by atoms with van der Waals surface area (Å²) in [7, 11) is 7.83. The number of halogens is 2. The Labute approximate surface area is 241 Å². The van der Waals surface area contributed by atoms with Crippen LogP contribution in [-0.2, 0) is 17.0 Å². The van der Waals surface area contributed by atoms with Crippen LogP contribution in [0.15, 0.2) is 90.0 Å². The summed E-state index contributed by atoms with van der Waals surface area (Å²) in [5.74, 6) is 2.44. The zero-order valence-electron chi connectivity index (χ0n) is 22.1. The molecule has 2 heterocycles. The van der Waals surface area contributed by atoms with Gasteiger partial charge in [0, 0.05) is 6.21 Å². The molecule has 2 fully saturated rings. The van der Waals surface area contributed by atoms with Gasteiger partial charge in [-0.2, -0.15) is 0 Å². The Morgan fingerprint density at radius 3 is 2.00 bits per heavy atom. The molecule has 0 amide bonds. The predicted octanol–water partition coefficient (Wildman–Crippen LogP) is 8.41. The molecule has 3 nitrogen and oxygen atoms in total. The van der Waals surface area contributed by atoms with Gasteiger partial charge in [0.1, 0.15) is 8.24 Å². The number of fused-ring (bicyclic) bond motifs is 4. The van der Waals surface area contributed by atoms with Gasteiger partial charge in [0.2, 0.25) is 0 Å². The second-order valence-corrected chi connectivity index (χ2v) is 17.8. The number of nitrogens with zero attached hydrogens (tertiary/aromatic N) is 3. The van der Waals surface area contributed by atoms with Crippen LogP contribution >= 0.6 is 18.6 Å².